The molecule has 1 aromatic carbocycles. The topological polar surface area (TPSA) is 79.2 Å². The molecule has 1 saturated heterocycles. The molecular weight excluding hydrogens is 570 g/mol. The summed E-state index contributed by atoms with van der Waals surface area (Å²) >= 11 is 0. The number of fused-ring (bicyclic) bond motifs is 1. The molecule has 0 radical (unpaired) electrons. The molecule has 244 valence electrons. The van der Waals surface area contributed by atoms with Crippen LogP contribution in [0.1, 0.15) is 72.7 Å². The van der Waals surface area contributed by atoms with Gasteiger partial charge in [-0.15, -0.1) is 0 Å². The van der Waals surface area contributed by atoms with E-state index in [0.717, 1.165) is 30.0 Å². The summed E-state index contributed by atoms with van der Waals surface area (Å²) in [5.74, 6) is -1.62. The fourth-order valence-electron chi connectivity index (χ4n) is 7.44. The van der Waals surface area contributed by atoms with Crippen molar-refractivity contribution in [2.45, 2.75) is 116 Å². The molecule has 2 aliphatic carbocycles. The predicted molar refractivity (Wildman–Crippen MR) is 175 cm³/mol. The van der Waals surface area contributed by atoms with Crippen LogP contribution in [0.5, 0.6) is 0 Å². The molecule has 2 bridgehead atoms. The maximum absolute atomic E-state index is 11.0. The summed E-state index contributed by atoms with van der Waals surface area (Å²) in [6.07, 6.45) is 1.16. The summed E-state index contributed by atoms with van der Waals surface area (Å²) in [6, 6.07) is 13.9. The quantitative estimate of drug-likeness (QED) is 0.100. The first-order chi connectivity index (χ1) is 20.5. The van der Waals surface area contributed by atoms with Crippen molar-refractivity contribution in [2.24, 2.45) is 17.3 Å². The summed E-state index contributed by atoms with van der Waals surface area (Å²) in [7, 11) is 0.418. The summed E-state index contributed by atoms with van der Waals surface area (Å²) in [5, 5.41) is 11.0. The lowest BCUT2D eigenvalue weighted by molar-refractivity contribution is -0.265. The van der Waals surface area contributed by atoms with Crippen LogP contribution in [0, 0.1) is 28.6 Å². The average Bonchev–Trinajstić information content (AvgIpc) is 3.35. The zero-order valence-corrected chi connectivity index (χ0v) is 29.7. The average molecular weight is 626 g/mol. The summed E-state index contributed by atoms with van der Waals surface area (Å²) < 4.78 is 38.6. The van der Waals surface area contributed by atoms with Crippen LogP contribution >= 0.6 is 0 Å². The molecule has 0 aromatic heterocycles. The molecule has 2 unspecified atom stereocenters. The van der Waals surface area contributed by atoms with E-state index in [-0.39, 0.29) is 25.2 Å². The Kier molecular flexibility index (Phi) is 10.4. The third-order valence-corrected chi connectivity index (χ3v) is 12.1. The van der Waals surface area contributed by atoms with E-state index in [1.807, 2.05) is 32.0 Å². The van der Waals surface area contributed by atoms with E-state index < -0.39 is 42.9 Å². The van der Waals surface area contributed by atoms with E-state index >= 15 is 0 Å². The standard InChI is InChI=1S/C36H55NO6Si/c1-25-17-18-36-31(41-32(42-36)28-15-13-12-14-16-28)30(26(2)22-40-24-39-19-20-44(9,10)11)27(3)35(23-37,43-34(6,7)38-8)21-29(25)33(36,4)5/h12-16,27,30-32H,2,17-22,24H2,1,3-11H3/t27-,30+,31-,32?,35?,36+/m0/s1. The van der Waals surface area contributed by atoms with Crippen molar-refractivity contribution in [3.05, 3.63) is 59.2 Å². The highest BCUT2D eigenvalue weighted by Crippen LogP contribution is 2.64. The van der Waals surface area contributed by atoms with Gasteiger partial charge in [-0.3, -0.25) is 0 Å². The van der Waals surface area contributed by atoms with E-state index in [4.69, 9.17) is 28.4 Å². The Hall–Kier alpha value is -1.83. The van der Waals surface area contributed by atoms with Gasteiger partial charge in [0.05, 0.1) is 18.8 Å². The monoisotopic (exact) mass is 625 g/mol. The lowest BCUT2D eigenvalue weighted by Crippen LogP contribution is -2.63. The highest BCUT2D eigenvalue weighted by Gasteiger charge is 2.67. The Labute approximate surface area is 266 Å². The molecule has 0 amide bonds. The summed E-state index contributed by atoms with van der Waals surface area (Å²) in [6.45, 7) is 25.2. The van der Waals surface area contributed by atoms with Gasteiger partial charge in [0.25, 0.3) is 0 Å². The Morgan fingerprint density at radius 3 is 2.45 bits per heavy atom. The molecular formula is C36H55NO6Si. The Bertz CT molecular complexity index is 1250. The number of rotatable bonds is 12. The van der Waals surface area contributed by atoms with Gasteiger partial charge in [-0.2, -0.15) is 5.26 Å². The summed E-state index contributed by atoms with van der Waals surface area (Å²) in [4.78, 5) is 0. The van der Waals surface area contributed by atoms with Gasteiger partial charge in [-0.05, 0) is 45.2 Å². The third kappa shape index (κ3) is 6.80. The molecule has 0 N–H and O–H groups in total. The predicted octanol–water partition coefficient (Wildman–Crippen LogP) is 8.18. The molecule has 1 aromatic rings. The zero-order valence-electron chi connectivity index (χ0n) is 28.7. The fourth-order valence-corrected chi connectivity index (χ4v) is 8.20. The first-order valence-corrected chi connectivity index (χ1v) is 19.8. The lowest BCUT2D eigenvalue weighted by atomic mass is 9.52. The minimum atomic E-state index is -1.22. The third-order valence-electron chi connectivity index (χ3n) is 10.4. The number of allylic oxidation sites excluding steroid dienone is 1. The molecule has 44 heavy (non-hydrogen) atoms. The molecule has 1 aliphatic heterocycles. The minimum absolute atomic E-state index is 0.193. The van der Waals surface area contributed by atoms with Gasteiger partial charge in [0.1, 0.15) is 12.4 Å². The second-order valence-corrected chi connectivity index (χ2v) is 20.9. The molecule has 1 spiro atoms. The lowest BCUT2D eigenvalue weighted by Gasteiger charge is -2.57. The van der Waals surface area contributed by atoms with Crippen LogP contribution in [-0.2, 0) is 28.4 Å². The molecule has 1 heterocycles. The van der Waals surface area contributed by atoms with Gasteiger partial charge in [-0.1, -0.05) is 88.5 Å². The van der Waals surface area contributed by atoms with E-state index in [1.54, 1.807) is 7.11 Å². The Morgan fingerprint density at radius 2 is 1.84 bits per heavy atom. The van der Waals surface area contributed by atoms with Crippen LogP contribution in [0.15, 0.2) is 53.6 Å². The van der Waals surface area contributed by atoms with Crippen LogP contribution < -0.4 is 0 Å². The normalized spacial score (nSPS) is 32.0. The number of hydrogen-bond acceptors (Lipinski definition) is 7. The smallest absolute Gasteiger partial charge is 0.185 e. The van der Waals surface area contributed by atoms with Gasteiger partial charge in [0, 0.05) is 51.0 Å². The zero-order chi connectivity index (χ0) is 32.6. The maximum Gasteiger partial charge on any atom is 0.185 e. The fraction of sp³-hybridized carbons (Fsp3) is 0.694. The Morgan fingerprint density at radius 1 is 1.16 bits per heavy atom. The number of methoxy groups -OCH3 is 1. The number of nitrogens with zero attached hydrogens (tertiary/aromatic N) is 1. The van der Waals surface area contributed by atoms with Crippen LogP contribution in [0.25, 0.3) is 0 Å². The second kappa shape index (κ2) is 13.1. The van der Waals surface area contributed by atoms with Gasteiger partial charge in [-0.25, -0.2) is 0 Å². The van der Waals surface area contributed by atoms with Crippen molar-refractivity contribution in [3.63, 3.8) is 0 Å². The number of hydrogen-bond donors (Lipinski definition) is 0. The van der Waals surface area contributed by atoms with E-state index in [0.29, 0.717) is 13.0 Å². The van der Waals surface area contributed by atoms with Crippen molar-refractivity contribution in [1.82, 2.24) is 0 Å². The van der Waals surface area contributed by atoms with Crippen LogP contribution in [0.3, 0.4) is 0 Å². The van der Waals surface area contributed by atoms with Gasteiger partial charge >= 0.3 is 0 Å². The molecule has 2 fully saturated rings. The van der Waals surface area contributed by atoms with Crippen LogP contribution in [0.4, 0.5) is 0 Å². The van der Waals surface area contributed by atoms with Crippen LogP contribution in [0.2, 0.25) is 25.7 Å². The minimum Gasteiger partial charge on any atom is -0.356 e. The first kappa shape index (κ1) is 35.0. The van der Waals surface area contributed by atoms with Crippen LogP contribution in [-0.4, -0.2) is 58.3 Å². The van der Waals surface area contributed by atoms with Crippen molar-refractivity contribution in [2.75, 3.05) is 27.1 Å². The molecule has 3 aliphatic rings. The van der Waals surface area contributed by atoms with Gasteiger partial charge < -0.3 is 28.4 Å². The van der Waals surface area contributed by atoms with Gasteiger partial charge in [0.15, 0.2) is 17.7 Å². The highest BCUT2D eigenvalue weighted by atomic mass is 28.3. The Balaban J connectivity index is 1.78. The van der Waals surface area contributed by atoms with Crippen molar-refractivity contribution >= 4 is 8.07 Å². The second-order valence-electron chi connectivity index (χ2n) is 15.2. The molecule has 4 rings (SSSR count). The molecule has 7 nitrogen and oxygen atoms in total. The van der Waals surface area contributed by atoms with Crippen molar-refractivity contribution < 1.29 is 28.4 Å². The maximum atomic E-state index is 11.0. The number of ether oxygens (including phenoxy) is 6. The molecule has 1 saturated carbocycles. The van der Waals surface area contributed by atoms with E-state index in [9.17, 15) is 5.26 Å². The number of nitriles is 1. The highest BCUT2D eigenvalue weighted by molar-refractivity contribution is 6.76. The van der Waals surface area contributed by atoms with E-state index in [1.165, 1.54) is 11.1 Å². The molecule has 6 atom stereocenters. The largest absolute Gasteiger partial charge is 0.356 e. The first-order valence-electron chi connectivity index (χ1n) is 16.1. The number of benzene rings is 1. The SMILES string of the molecule is C=C(COCOCC[Si](C)(C)C)[C@@H]1[C@H](C)C(C#N)(OC(C)(C)OC)CC2=C(C)CC[C@]3(OC(c4ccccc4)O[C@@H]13)C2(C)C. The van der Waals surface area contributed by atoms with Crippen molar-refractivity contribution in [1.29, 1.82) is 5.26 Å². The summed E-state index contributed by atoms with van der Waals surface area (Å²) in [5.41, 5.74) is 1.99. The van der Waals surface area contributed by atoms with E-state index in [2.05, 4.69) is 72.1 Å². The molecule has 8 heteroatoms. The van der Waals surface area contributed by atoms with Gasteiger partial charge in [0.2, 0.25) is 0 Å². The van der Waals surface area contributed by atoms with Crippen molar-refractivity contribution in [3.8, 4) is 6.07 Å².